The van der Waals surface area contributed by atoms with E-state index in [9.17, 15) is 0 Å². The Hall–Kier alpha value is -0.970. The number of fused-ring (bicyclic) bond motifs is 1. The molecule has 0 bridgehead atoms. The quantitative estimate of drug-likeness (QED) is 0.924. The number of likely N-dealkylation sites (tertiary alicyclic amines) is 1. The minimum Gasteiger partial charge on any atom is -0.369 e. The maximum absolute atomic E-state index is 6.12. The molecule has 0 amide bonds. The smallest absolute Gasteiger partial charge is 0.201 e. The van der Waals surface area contributed by atoms with E-state index in [1.165, 1.54) is 19.3 Å². The molecule has 1 aliphatic heterocycles. The van der Waals surface area contributed by atoms with Crippen LogP contribution in [0, 0.1) is 0 Å². The number of rotatable bonds is 2. The molecule has 20 heavy (non-hydrogen) atoms. The zero-order chi connectivity index (χ0) is 14.3. The number of piperidine rings is 1. The van der Waals surface area contributed by atoms with Gasteiger partial charge in [0.2, 0.25) is 5.95 Å². The van der Waals surface area contributed by atoms with Gasteiger partial charge in [-0.25, -0.2) is 4.98 Å². The molecule has 108 valence electrons. The fraction of sp³-hybridized carbons (Fsp3) is 0.500. The number of anilines is 1. The second-order valence-corrected chi connectivity index (χ2v) is 6.28. The molecular formula is C14H18Cl2N4. The first kappa shape index (κ1) is 14.0. The van der Waals surface area contributed by atoms with Crippen molar-refractivity contribution in [1.29, 1.82) is 0 Å². The standard InChI is InChI=1S/C14H18Cl2N4/c1-19-5-3-2-4-9(19)8-20-13-7-11(16)10(15)6-12(13)18-14(20)17/h6-7,9H,2-5,8H2,1H3,(H2,17,18). The van der Waals surface area contributed by atoms with Crippen molar-refractivity contribution in [3.8, 4) is 0 Å². The lowest BCUT2D eigenvalue weighted by atomic mass is 10.0. The molecule has 3 rings (SSSR count). The average Bonchev–Trinajstić information content (AvgIpc) is 2.69. The van der Waals surface area contributed by atoms with Crippen LogP contribution in [0.5, 0.6) is 0 Å². The van der Waals surface area contributed by atoms with E-state index in [1.54, 1.807) is 6.07 Å². The number of aromatic nitrogens is 2. The zero-order valence-electron chi connectivity index (χ0n) is 11.4. The van der Waals surface area contributed by atoms with Crippen LogP contribution < -0.4 is 5.73 Å². The van der Waals surface area contributed by atoms with E-state index < -0.39 is 0 Å². The van der Waals surface area contributed by atoms with Gasteiger partial charge in [0.1, 0.15) is 0 Å². The molecule has 0 spiro atoms. The molecule has 2 N–H and O–H groups in total. The number of nitrogens with zero attached hydrogens (tertiary/aromatic N) is 3. The van der Waals surface area contributed by atoms with Gasteiger partial charge < -0.3 is 15.2 Å². The van der Waals surface area contributed by atoms with Crippen LogP contribution in [0.2, 0.25) is 10.0 Å². The number of hydrogen-bond acceptors (Lipinski definition) is 3. The van der Waals surface area contributed by atoms with Crippen molar-refractivity contribution in [2.75, 3.05) is 19.3 Å². The number of hydrogen-bond donors (Lipinski definition) is 1. The molecule has 4 nitrogen and oxygen atoms in total. The Bertz CT molecular complexity index is 638. The third-order valence-electron chi connectivity index (χ3n) is 4.13. The van der Waals surface area contributed by atoms with Crippen LogP contribution in [0.1, 0.15) is 19.3 Å². The second kappa shape index (κ2) is 5.43. The molecule has 0 aliphatic carbocycles. The average molecular weight is 313 g/mol. The van der Waals surface area contributed by atoms with Crippen molar-refractivity contribution >= 4 is 40.2 Å². The van der Waals surface area contributed by atoms with Gasteiger partial charge >= 0.3 is 0 Å². The Kier molecular flexibility index (Phi) is 3.80. The molecule has 1 aromatic heterocycles. The SMILES string of the molecule is CN1CCCCC1Cn1c(N)nc2cc(Cl)c(Cl)cc21. The summed E-state index contributed by atoms with van der Waals surface area (Å²) in [6.07, 6.45) is 3.74. The molecule has 1 aromatic carbocycles. The lowest BCUT2D eigenvalue weighted by Gasteiger charge is -2.32. The zero-order valence-corrected chi connectivity index (χ0v) is 13.0. The molecule has 1 saturated heterocycles. The molecule has 1 fully saturated rings. The summed E-state index contributed by atoms with van der Waals surface area (Å²) in [4.78, 5) is 6.78. The Labute approximate surface area is 128 Å². The van der Waals surface area contributed by atoms with E-state index in [4.69, 9.17) is 28.9 Å². The van der Waals surface area contributed by atoms with Crippen molar-refractivity contribution in [2.45, 2.75) is 31.8 Å². The largest absolute Gasteiger partial charge is 0.369 e. The fourth-order valence-electron chi connectivity index (χ4n) is 2.92. The fourth-order valence-corrected chi connectivity index (χ4v) is 3.23. The van der Waals surface area contributed by atoms with Crippen molar-refractivity contribution in [2.24, 2.45) is 0 Å². The molecular weight excluding hydrogens is 295 g/mol. The molecule has 0 radical (unpaired) electrons. The van der Waals surface area contributed by atoms with Crippen LogP contribution >= 0.6 is 23.2 Å². The lowest BCUT2D eigenvalue weighted by molar-refractivity contribution is 0.169. The van der Waals surface area contributed by atoms with Gasteiger partial charge in [-0.1, -0.05) is 29.6 Å². The molecule has 0 saturated carbocycles. The van der Waals surface area contributed by atoms with Crippen molar-refractivity contribution in [3.05, 3.63) is 22.2 Å². The van der Waals surface area contributed by atoms with Gasteiger partial charge in [0.25, 0.3) is 0 Å². The van der Waals surface area contributed by atoms with Crippen LogP contribution in [-0.4, -0.2) is 34.1 Å². The predicted molar refractivity (Wildman–Crippen MR) is 84.4 cm³/mol. The third-order valence-corrected chi connectivity index (χ3v) is 4.86. The molecule has 2 aromatic rings. The predicted octanol–water partition coefficient (Wildman–Crippen LogP) is 3.41. The normalized spacial score (nSPS) is 20.6. The molecule has 1 unspecified atom stereocenters. The number of imidazole rings is 1. The summed E-state index contributed by atoms with van der Waals surface area (Å²) in [6.45, 7) is 1.99. The van der Waals surface area contributed by atoms with Gasteiger partial charge in [0, 0.05) is 12.6 Å². The van der Waals surface area contributed by atoms with Gasteiger partial charge in [-0.05, 0) is 38.6 Å². The summed E-state index contributed by atoms with van der Waals surface area (Å²) in [7, 11) is 2.17. The number of benzene rings is 1. The number of nitrogen functional groups attached to an aromatic ring is 1. The Balaban J connectivity index is 1.98. The van der Waals surface area contributed by atoms with E-state index in [0.717, 1.165) is 24.1 Å². The monoisotopic (exact) mass is 312 g/mol. The van der Waals surface area contributed by atoms with E-state index in [0.29, 0.717) is 22.0 Å². The summed E-state index contributed by atoms with van der Waals surface area (Å²) in [5.41, 5.74) is 7.82. The summed E-state index contributed by atoms with van der Waals surface area (Å²) in [5, 5.41) is 1.05. The summed E-state index contributed by atoms with van der Waals surface area (Å²) in [5.74, 6) is 0.525. The molecule has 6 heteroatoms. The maximum atomic E-state index is 6.12. The van der Waals surface area contributed by atoms with E-state index >= 15 is 0 Å². The summed E-state index contributed by atoms with van der Waals surface area (Å²) >= 11 is 12.2. The Morgan fingerprint density at radius 1 is 1.30 bits per heavy atom. The third kappa shape index (κ3) is 2.48. The first-order valence-corrected chi connectivity index (χ1v) is 7.63. The lowest BCUT2D eigenvalue weighted by Crippen LogP contribution is -2.39. The highest BCUT2D eigenvalue weighted by Gasteiger charge is 2.21. The minimum atomic E-state index is 0.498. The highest BCUT2D eigenvalue weighted by Crippen LogP contribution is 2.30. The van der Waals surface area contributed by atoms with Gasteiger partial charge in [-0.15, -0.1) is 0 Å². The van der Waals surface area contributed by atoms with E-state index in [2.05, 4.69) is 16.9 Å². The first-order valence-electron chi connectivity index (χ1n) is 6.87. The van der Waals surface area contributed by atoms with Crippen LogP contribution in [0.4, 0.5) is 5.95 Å². The van der Waals surface area contributed by atoms with Crippen LogP contribution in [0.3, 0.4) is 0 Å². The van der Waals surface area contributed by atoms with Gasteiger partial charge in [-0.3, -0.25) is 0 Å². The molecule has 1 atom stereocenters. The second-order valence-electron chi connectivity index (χ2n) is 5.47. The van der Waals surface area contributed by atoms with Crippen LogP contribution in [0.15, 0.2) is 12.1 Å². The molecule has 2 heterocycles. The number of nitrogens with two attached hydrogens (primary N) is 1. The topological polar surface area (TPSA) is 47.1 Å². The minimum absolute atomic E-state index is 0.498. The Morgan fingerprint density at radius 2 is 2.05 bits per heavy atom. The number of likely N-dealkylation sites (N-methyl/N-ethyl adjacent to an activating group) is 1. The summed E-state index contributed by atoms with van der Waals surface area (Å²) in [6, 6.07) is 4.13. The van der Waals surface area contributed by atoms with E-state index in [1.807, 2.05) is 10.6 Å². The van der Waals surface area contributed by atoms with Crippen molar-refractivity contribution in [3.63, 3.8) is 0 Å². The van der Waals surface area contributed by atoms with Crippen LogP contribution in [0.25, 0.3) is 11.0 Å². The van der Waals surface area contributed by atoms with Crippen molar-refractivity contribution < 1.29 is 0 Å². The van der Waals surface area contributed by atoms with E-state index in [-0.39, 0.29) is 0 Å². The van der Waals surface area contributed by atoms with Gasteiger partial charge in [0.05, 0.1) is 21.1 Å². The summed E-state index contributed by atoms with van der Waals surface area (Å²) < 4.78 is 2.05. The molecule has 1 aliphatic rings. The highest BCUT2D eigenvalue weighted by molar-refractivity contribution is 6.42. The number of halogens is 2. The van der Waals surface area contributed by atoms with Gasteiger partial charge in [0.15, 0.2) is 0 Å². The maximum Gasteiger partial charge on any atom is 0.201 e. The first-order chi connectivity index (χ1) is 9.56. The van der Waals surface area contributed by atoms with Crippen molar-refractivity contribution in [1.82, 2.24) is 14.5 Å². The van der Waals surface area contributed by atoms with Crippen LogP contribution in [-0.2, 0) is 6.54 Å². The van der Waals surface area contributed by atoms with Gasteiger partial charge in [-0.2, -0.15) is 0 Å². The Morgan fingerprint density at radius 3 is 2.80 bits per heavy atom. The highest BCUT2D eigenvalue weighted by atomic mass is 35.5.